The fourth-order valence-corrected chi connectivity index (χ4v) is 1.86. The predicted molar refractivity (Wildman–Crippen MR) is 69.1 cm³/mol. The molecule has 0 fully saturated rings. The Morgan fingerprint density at radius 2 is 1.80 bits per heavy atom. The van der Waals surface area contributed by atoms with Gasteiger partial charge >= 0.3 is 21.0 Å². The van der Waals surface area contributed by atoms with Crippen molar-refractivity contribution in [3.63, 3.8) is 0 Å². The summed E-state index contributed by atoms with van der Waals surface area (Å²) < 4.78 is 13.8. The maximum atomic E-state index is 12.0. The molecule has 20 heavy (non-hydrogen) atoms. The summed E-state index contributed by atoms with van der Waals surface area (Å²) in [5.74, 6) is -0.174. The average Bonchev–Trinajstić information content (AvgIpc) is 2.54. The van der Waals surface area contributed by atoms with Crippen LogP contribution in [0.25, 0.3) is 22.3 Å². The van der Waals surface area contributed by atoms with Gasteiger partial charge in [0.1, 0.15) is 0 Å². The van der Waals surface area contributed by atoms with E-state index in [2.05, 4.69) is 6.07 Å². The third-order valence-corrected chi connectivity index (χ3v) is 2.75. The van der Waals surface area contributed by atoms with Crippen LogP contribution in [0.1, 0.15) is 0 Å². The Balaban J connectivity index is 0.000000704. The first kappa shape index (κ1) is 14.2. The Morgan fingerprint density at radius 3 is 2.50 bits per heavy atom. The van der Waals surface area contributed by atoms with Crippen LogP contribution in [-0.2, 0) is 21.0 Å². The minimum atomic E-state index is -0.427. The number of hydrogen-bond acceptors (Lipinski definition) is 4. The zero-order chi connectivity index (χ0) is 14.5. The fraction of sp³-hybridized carbons (Fsp3) is 0. The van der Waals surface area contributed by atoms with E-state index in [0.29, 0.717) is 16.5 Å². The molecule has 1 heterocycles. The summed E-state index contributed by atoms with van der Waals surface area (Å²) in [4.78, 5) is 12.0. The first-order chi connectivity index (χ1) is 9.77. The zero-order valence-electron chi connectivity index (χ0n) is 10.2. The van der Waals surface area contributed by atoms with Crippen molar-refractivity contribution in [3.05, 3.63) is 64.8 Å². The summed E-state index contributed by atoms with van der Waals surface area (Å²) in [5.41, 5.74) is 0.654. The van der Waals surface area contributed by atoms with Gasteiger partial charge in [-0.05, 0) is 5.39 Å². The summed E-state index contributed by atoms with van der Waals surface area (Å²) in [6.45, 7) is 0. The van der Waals surface area contributed by atoms with E-state index in [-0.39, 0.29) is 11.5 Å². The molecule has 0 bridgehead atoms. The first-order valence-corrected chi connectivity index (χ1v) is 6.24. The molecule has 1 aromatic heterocycles. The second kappa shape index (κ2) is 6.32. The molecule has 0 atom stereocenters. The van der Waals surface area contributed by atoms with Gasteiger partial charge in [-0.1, -0.05) is 30.3 Å². The van der Waals surface area contributed by atoms with Crippen LogP contribution in [-0.4, -0.2) is 5.11 Å². The van der Waals surface area contributed by atoms with Crippen LogP contribution in [0.3, 0.4) is 0 Å². The van der Waals surface area contributed by atoms with E-state index in [4.69, 9.17) is 8.09 Å². The summed E-state index contributed by atoms with van der Waals surface area (Å²) in [6, 6.07) is 16.7. The van der Waals surface area contributed by atoms with E-state index in [1.54, 1.807) is 30.3 Å². The van der Waals surface area contributed by atoms with E-state index in [9.17, 15) is 9.90 Å². The van der Waals surface area contributed by atoms with Gasteiger partial charge in [0.2, 0.25) is 11.2 Å². The fourth-order valence-electron chi connectivity index (χ4n) is 1.86. The summed E-state index contributed by atoms with van der Waals surface area (Å²) in [5, 5.41) is 10.3. The van der Waals surface area contributed by atoms with Crippen molar-refractivity contribution in [3.8, 4) is 17.1 Å². The quantitative estimate of drug-likeness (QED) is 0.702. The normalized spacial score (nSPS) is 9.75. The molecule has 1 N–H and O–H groups in total. The minimum absolute atomic E-state index is 0.188. The molecule has 3 rings (SSSR count). The van der Waals surface area contributed by atoms with Crippen LogP contribution in [0.5, 0.6) is 5.75 Å². The molecule has 0 unspecified atom stereocenters. The van der Waals surface area contributed by atoms with Gasteiger partial charge in [0.05, 0.1) is 0 Å². The number of aromatic hydroxyl groups is 1. The number of fused-ring (bicyclic) bond motifs is 1. The van der Waals surface area contributed by atoms with Gasteiger partial charge < -0.3 is 9.52 Å². The SMILES string of the molecule is O=c1c(O)c(-c2ccccc2)oc2c[c-]ccc12.[O]=[V]. The van der Waals surface area contributed by atoms with E-state index in [0.717, 1.165) is 17.4 Å². The number of rotatable bonds is 1. The summed E-state index contributed by atoms with van der Waals surface area (Å²) in [6.07, 6.45) is 0. The van der Waals surface area contributed by atoms with Gasteiger partial charge in [0.25, 0.3) is 0 Å². The molecular formula is C15H9O4V-. The van der Waals surface area contributed by atoms with E-state index >= 15 is 0 Å². The maximum absolute atomic E-state index is 12.0. The Kier molecular flexibility index (Phi) is 4.51. The molecule has 2 aromatic carbocycles. The molecule has 0 aliphatic carbocycles. The monoisotopic (exact) mass is 304 g/mol. The Bertz CT molecular complexity index is 781. The van der Waals surface area contributed by atoms with E-state index in [1.165, 1.54) is 0 Å². The van der Waals surface area contributed by atoms with Gasteiger partial charge in [-0.3, -0.25) is 4.79 Å². The van der Waals surface area contributed by atoms with Crippen LogP contribution >= 0.6 is 0 Å². The Labute approximate surface area is 123 Å². The molecule has 0 saturated carbocycles. The molecule has 0 radical (unpaired) electrons. The standard InChI is InChI=1S/C15H9O3.O.V/c16-13-11-8-4-5-9-12(11)18-15(14(13)17)10-6-2-1-3-7-10;;/h1-4,6-9,17H;;/q-1;;. The second-order valence-electron chi connectivity index (χ2n) is 3.90. The van der Waals surface area contributed by atoms with Crippen molar-refractivity contribution in [1.82, 2.24) is 0 Å². The van der Waals surface area contributed by atoms with Crippen molar-refractivity contribution < 1.29 is 30.6 Å². The van der Waals surface area contributed by atoms with Crippen LogP contribution < -0.4 is 5.43 Å². The van der Waals surface area contributed by atoms with Crippen molar-refractivity contribution >= 4 is 11.0 Å². The summed E-state index contributed by atoms with van der Waals surface area (Å²) in [7, 11) is 0. The first-order valence-electron chi connectivity index (χ1n) is 5.67. The third-order valence-electron chi connectivity index (χ3n) is 2.75. The molecule has 99 valence electrons. The molecule has 0 aliphatic heterocycles. The molecule has 0 saturated heterocycles. The van der Waals surface area contributed by atoms with Crippen LogP contribution in [0, 0.1) is 6.07 Å². The molecule has 3 aromatic rings. The zero-order valence-corrected chi connectivity index (χ0v) is 11.6. The molecule has 4 nitrogen and oxygen atoms in total. The van der Waals surface area contributed by atoms with Crippen molar-refractivity contribution in [1.29, 1.82) is 0 Å². The van der Waals surface area contributed by atoms with Crippen molar-refractivity contribution in [2.24, 2.45) is 0 Å². The summed E-state index contributed by atoms with van der Waals surface area (Å²) >= 11 is 1.06. The predicted octanol–water partition coefficient (Wildman–Crippen LogP) is 2.84. The topological polar surface area (TPSA) is 67.5 Å². The van der Waals surface area contributed by atoms with Gasteiger partial charge in [-0.15, -0.1) is 6.07 Å². The van der Waals surface area contributed by atoms with Gasteiger partial charge in [0, 0.05) is 11.1 Å². The van der Waals surface area contributed by atoms with Crippen molar-refractivity contribution in [2.75, 3.05) is 0 Å². The number of benzene rings is 2. The number of hydrogen-bond donors (Lipinski definition) is 1. The van der Waals surface area contributed by atoms with Gasteiger partial charge in [0.15, 0.2) is 5.76 Å². The van der Waals surface area contributed by atoms with Crippen LogP contribution in [0.4, 0.5) is 0 Å². The van der Waals surface area contributed by atoms with E-state index < -0.39 is 5.43 Å². The van der Waals surface area contributed by atoms with E-state index in [1.807, 2.05) is 18.2 Å². The Hall–Kier alpha value is -2.17. The van der Waals surface area contributed by atoms with Crippen LogP contribution in [0.2, 0.25) is 0 Å². The third kappa shape index (κ3) is 2.57. The van der Waals surface area contributed by atoms with Gasteiger partial charge in [-0.25, -0.2) is 0 Å². The average molecular weight is 304 g/mol. The van der Waals surface area contributed by atoms with Gasteiger partial charge in [-0.2, -0.15) is 18.2 Å². The molecule has 0 aliphatic rings. The molecule has 0 spiro atoms. The second-order valence-corrected chi connectivity index (χ2v) is 3.90. The molecule has 0 amide bonds. The van der Waals surface area contributed by atoms with Crippen LogP contribution in [0.15, 0.2) is 57.7 Å². The molecule has 5 heteroatoms. The Morgan fingerprint density at radius 1 is 1.10 bits per heavy atom. The molecular weight excluding hydrogens is 295 g/mol. The van der Waals surface area contributed by atoms with Crippen molar-refractivity contribution in [2.45, 2.75) is 0 Å².